The van der Waals surface area contributed by atoms with Crippen molar-refractivity contribution in [3.05, 3.63) is 69.2 Å². The van der Waals surface area contributed by atoms with Crippen molar-refractivity contribution < 1.29 is 41.7 Å². The van der Waals surface area contributed by atoms with E-state index in [0.717, 1.165) is 31.0 Å². The Kier molecular flexibility index (Phi) is 7.60. The number of alkyl halides is 3. The number of carbonyl (C=O) groups excluding carboxylic acids is 2. The molecule has 0 saturated heterocycles. The van der Waals surface area contributed by atoms with E-state index in [2.05, 4.69) is 15.4 Å². The fourth-order valence-electron chi connectivity index (χ4n) is 5.32. The predicted octanol–water partition coefficient (Wildman–Crippen LogP) is 5.20. The number of hydrogen-bond acceptors (Lipinski definition) is 7. The van der Waals surface area contributed by atoms with Gasteiger partial charge in [-0.25, -0.2) is 9.37 Å². The Labute approximate surface area is 268 Å². The summed E-state index contributed by atoms with van der Waals surface area (Å²) in [6.07, 6.45) is -1.81. The van der Waals surface area contributed by atoms with Crippen LogP contribution in [0.4, 0.5) is 17.6 Å². The summed E-state index contributed by atoms with van der Waals surface area (Å²) in [5.41, 5.74) is -1.23. The number of rotatable bonds is 8. The van der Waals surface area contributed by atoms with E-state index in [1.54, 1.807) is 10.9 Å². The molecule has 242 valence electrons. The zero-order valence-electron chi connectivity index (χ0n) is 24.1. The SMILES string of the molecule is COc1cc(C(=O)NC[C@](O)(c2cc3c(c(-c4c(Cl)cc(F)cc4Cl)n2)OC[C@]3(C)C(N)=O)C(F)(F)F)cc2cn(C3CC3)nc12. The maximum absolute atomic E-state index is 14.8. The summed E-state index contributed by atoms with van der Waals surface area (Å²) in [4.78, 5) is 29.8. The largest absolute Gasteiger partial charge is 0.494 e. The lowest BCUT2D eigenvalue weighted by Gasteiger charge is -2.31. The van der Waals surface area contributed by atoms with Gasteiger partial charge in [0.2, 0.25) is 11.5 Å². The zero-order chi connectivity index (χ0) is 33.3. The Hall–Kier alpha value is -4.14. The molecular weight excluding hydrogens is 657 g/mol. The van der Waals surface area contributed by atoms with Crippen molar-refractivity contribution in [1.82, 2.24) is 20.1 Å². The first-order valence-electron chi connectivity index (χ1n) is 13.8. The molecule has 0 spiro atoms. The molecule has 2 atom stereocenters. The fraction of sp³-hybridized carbons (Fsp3) is 0.333. The van der Waals surface area contributed by atoms with Crippen molar-refractivity contribution in [2.45, 2.75) is 43.0 Å². The number of benzene rings is 2. The smallest absolute Gasteiger partial charge is 0.424 e. The van der Waals surface area contributed by atoms with Crippen LogP contribution in [-0.2, 0) is 15.8 Å². The molecule has 0 bridgehead atoms. The van der Waals surface area contributed by atoms with Crippen molar-refractivity contribution >= 4 is 45.9 Å². The number of nitrogens with one attached hydrogen (secondary N) is 1. The van der Waals surface area contributed by atoms with Crippen LogP contribution < -0.4 is 20.5 Å². The number of hydrogen-bond donors (Lipinski definition) is 3. The highest BCUT2D eigenvalue weighted by molar-refractivity contribution is 6.39. The molecule has 4 aromatic rings. The van der Waals surface area contributed by atoms with E-state index in [4.69, 9.17) is 38.4 Å². The van der Waals surface area contributed by atoms with Crippen LogP contribution in [0.25, 0.3) is 22.2 Å². The number of carbonyl (C=O) groups is 2. The number of fused-ring (bicyclic) bond motifs is 2. The molecule has 10 nitrogen and oxygen atoms in total. The van der Waals surface area contributed by atoms with Crippen molar-refractivity contribution in [3.63, 3.8) is 0 Å². The first-order valence-corrected chi connectivity index (χ1v) is 14.6. The Balaban J connectivity index is 1.43. The molecule has 1 saturated carbocycles. The fourth-order valence-corrected chi connectivity index (χ4v) is 5.96. The highest BCUT2D eigenvalue weighted by atomic mass is 35.5. The monoisotopic (exact) mass is 681 g/mol. The van der Waals surface area contributed by atoms with Crippen LogP contribution in [-0.4, -0.2) is 58.1 Å². The number of amides is 2. The van der Waals surface area contributed by atoms with Gasteiger partial charge in [0.15, 0.2) is 0 Å². The van der Waals surface area contributed by atoms with Crippen LogP contribution in [0.1, 0.15) is 47.4 Å². The molecule has 2 aromatic carbocycles. The van der Waals surface area contributed by atoms with Crippen molar-refractivity contribution in [1.29, 1.82) is 0 Å². The summed E-state index contributed by atoms with van der Waals surface area (Å²) >= 11 is 12.5. The Morgan fingerprint density at radius 3 is 2.46 bits per heavy atom. The first-order chi connectivity index (χ1) is 21.6. The van der Waals surface area contributed by atoms with Crippen LogP contribution in [0.15, 0.2) is 36.5 Å². The van der Waals surface area contributed by atoms with Crippen LogP contribution in [0, 0.1) is 5.82 Å². The molecule has 4 N–H and O–H groups in total. The van der Waals surface area contributed by atoms with E-state index < -0.39 is 52.8 Å². The topological polar surface area (TPSA) is 142 Å². The maximum Gasteiger partial charge on any atom is 0.424 e. The van der Waals surface area contributed by atoms with Gasteiger partial charge in [-0.05, 0) is 50.1 Å². The molecule has 1 aliphatic carbocycles. The van der Waals surface area contributed by atoms with E-state index in [9.17, 15) is 32.3 Å². The molecule has 16 heteroatoms. The summed E-state index contributed by atoms with van der Waals surface area (Å²) in [6.45, 7) is -0.442. The van der Waals surface area contributed by atoms with E-state index in [1.807, 2.05) is 0 Å². The molecule has 46 heavy (non-hydrogen) atoms. The molecule has 2 aliphatic rings. The number of methoxy groups -OCH3 is 1. The van der Waals surface area contributed by atoms with Crippen LogP contribution in [0.3, 0.4) is 0 Å². The maximum atomic E-state index is 14.8. The molecule has 6 rings (SSSR count). The van der Waals surface area contributed by atoms with Gasteiger partial charge in [-0.15, -0.1) is 0 Å². The number of aliphatic hydroxyl groups is 1. The number of ether oxygens (including phenoxy) is 2. The highest BCUT2D eigenvalue weighted by Gasteiger charge is 2.58. The molecule has 1 aliphatic heterocycles. The van der Waals surface area contributed by atoms with Crippen LogP contribution >= 0.6 is 23.2 Å². The zero-order valence-corrected chi connectivity index (χ0v) is 25.6. The van der Waals surface area contributed by atoms with Gasteiger partial charge in [0.25, 0.3) is 5.91 Å². The lowest BCUT2D eigenvalue weighted by Crippen LogP contribution is -2.51. The van der Waals surface area contributed by atoms with Gasteiger partial charge < -0.3 is 25.6 Å². The average molecular weight is 682 g/mol. The predicted molar refractivity (Wildman–Crippen MR) is 159 cm³/mol. The molecule has 0 unspecified atom stereocenters. The standard InChI is InChI=1S/C30H25Cl2F4N5O5/c1-28(27(37)43)12-46-25-17(28)9-21(39-24(25)22-18(31)7-15(33)8-19(22)32)29(44,30(34,35)36)11-38-26(42)13-5-14-10-41(16-3-4-16)40-23(14)20(6-13)45-2/h5-10,16,44H,3-4,11-12H2,1-2H3,(H2,37,43)(H,38,42)/t28-,29-/m0/s1. The van der Waals surface area contributed by atoms with Crippen molar-refractivity contribution in [2.75, 3.05) is 20.3 Å². The minimum atomic E-state index is -5.43. The van der Waals surface area contributed by atoms with E-state index in [-0.39, 0.29) is 50.9 Å². The van der Waals surface area contributed by atoms with Gasteiger partial charge in [-0.3, -0.25) is 14.3 Å². The van der Waals surface area contributed by atoms with E-state index in [0.29, 0.717) is 10.9 Å². The van der Waals surface area contributed by atoms with E-state index >= 15 is 0 Å². The minimum absolute atomic E-state index is 0.0496. The molecule has 0 radical (unpaired) electrons. The second kappa shape index (κ2) is 11.0. The second-order valence-corrected chi connectivity index (χ2v) is 12.3. The molecule has 2 aromatic heterocycles. The van der Waals surface area contributed by atoms with Gasteiger partial charge in [-0.2, -0.15) is 18.3 Å². The van der Waals surface area contributed by atoms with Gasteiger partial charge in [-0.1, -0.05) is 23.2 Å². The Bertz CT molecular complexity index is 1910. The third kappa shape index (κ3) is 5.17. The normalized spacial score (nSPS) is 19.0. The quantitative estimate of drug-likeness (QED) is 0.217. The second-order valence-electron chi connectivity index (χ2n) is 11.5. The lowest BCUT2D eigenvalue weighted by molar-refractivity contribution is -0.265. The summed E-state index contributed by atoms with van der Waals surface area (Å²) in [5, 5.41) is 17.8. The number of primary amides is 1. The third-order valence-corrected chi connectivity index (χ3v) is 8.85. The molecule has 1 fully saturated rings. The molecule has 3 heterocycles. The molecule has 2 amide bonds. The number of halogens is 6. The molecular formula is C30H25Cl2F4N5O5. The number of pyridine rings is 1. The summed E-state index contributed by atoms with van der Waals surface area (Å²) in [5.74, 6) is -2.68. The summed E-state index contributed by atoms with van der Waals surface area (Å²) in [6, 6.07) is 5.56. The van der Waals surface area contributed by atoms with Gasteiger partial charge in [0.05, 0.1) is 35.4 Å². The van der Waals surface area contributed by atoms with E-state index in [1.165, 1.54) is 26.2 Å². The number of nitrogens with two attached hydrogens (primary N) is 1. The summed E-state index contributed by atoms with van der Waals surface area (Å²) < 4.78 is 71.2. The average Bonchev–Trinajstić information content (AvgIpc) is 3.65. The van der Waals surface area contributed by atoms with Crippen molar-refractivity contribution in [3.8, 4) is 22.8 Å². The summed E-state index contributed by atoms with van der Waals surface area (Å²) in [7, 11) is 1.37. The lowest BCUT2D eigenvalue weighted by atomic mass is 9.81. The van der Waals surface area contributed by atoms with Crippen LogP contribution in [0.5, 0.6) is 11.5 Å². The first kappa shape index (κ1) is 31.8. The van der Waals surface area contributed by atoms with Gasteiger partial charge in [0.1, 0.15) is 40.5 Å². The Morgan fingerprint density at radius 2 is 1.87 bits per heavy atom. The van der Waals surface area contributed by atoms with Crippen molar-refractivity contribution in [2.24, 2.45) is 5.73 Å². The number of aromatic nitrogens is 3. The number of nitrogens with zero attached hydrogens (tertiary/aromatic N) is 3. The van der Waals surface area contributed by atoms with Gasteiger partial charge in [0, 0.05) is 28.3 Å². The van der Waals surface area contributed by atoms with Gasteiger partial charge >= 0.3 is 6.18 Å². The third-order valence-electron chi connectivity index (χ3n) is 8.25. The minimum Gasteiger partial charge on any atom is -0.494 e. The Morgan fingerprint density at radius 1 is 1.20 bits per heavy atom. The van der Waals surface area contributed by atoms with Crippen LogP contribution in [0.2, 0.25) is 10.0 Å². The highest BCUT2D eigenvalue weighted by Crippen LogP contribution is 2.50.